The van der Waals surface area contributed by atoms with Crippen LogP contribution in [0.25, 0.3) is 0 Å². The summed E-state index contributed by atoms with van der Waals surface area (Å²) in [7, 11) is 1.28. The van der Waals surface area contributed by atoms with Gasteiger partial charge in [0.2, 0.25) is 0 Å². The second-order valence-corrected chi connectivity index (χ2v) is 4.57. The van der Waals surface area contributed by atoms with Crippen molar-refractivity contribution in [1.82, 2.24) is 9.97 Å². The standard InChI is InChI=1S/C15H15F2N3O2/c1-4-9-5-13(19-8(2)18-9)20-15(21)14-11(16)6-10(22-3)7-12(14)17/h5-7H,4H2,1-3H3,(H,18,19,20,21). The van der Waals surface area contributed by atoms with E-state index in [9.17, 15) is 13.6 Å². The van der Waals surface area contributed by atoms with Crippen molar-refractivity contribution in [3.8, 4) is 5.75 Å². The molecule has 0 saturated carbocycles. The molecule has 116 valence electrons. The summed E-state index contributed by atoms with van der Waals surface area (Å²) in [6.07, 6.45) is 0.650. The van der Waals surface area contributed by atoms with Crippen molar-refractivity contribution < 1.29 is 18.3 Å². The van der Waals surface area contributed by atoms with Crippen LogP contribution in [0.3, 0.4) is 0 Å². The number of amides is 1. The number of nitrogens with one attached hydrogen (secondary N) is 1. The maximum atomic E-state index is 13.9. The van der Waals surface area contributed by atoms with Gasteiger partial charge in [-0.3, -0.25) is 4.79 Å². The number of aromatic nitrogens is 2. The van der Waals surface area contributed by atoms with E-state index in [1.807, 2.05) is 6.92 Å². The predicted molar refractivity (Wildman–Crippen MR) is 77.0 cm³/mol. The number of hydrogen-bond acceptors (Lipinski definition) is 4. The molecule has 1 heterocycles. The van der Waals surface area contributed by atoms with Gasteiger partial charge >= 0.3 is 0 Å². The van der Waals surface area contributed by atoms with Crippen molar-refractivity contribution in [2.45, 2.75) is 20.3 Å². The third-order valence-electron chi connectivity index (χ3n) is 2.97. The minimum Gasteiger partial charge on any atom is -0.497 e. The molecule has 0 aliphatic heterocycles. The van der Waals surface area contributed by atoms with Crippen LogP contribution < -0.4 is 10.1 Å². The van der Waals surface area contributed by atoms with Gasteiger partial charge in [0.25, 0.3) is 5.91 Å². The SMILES string of the molecule is CCc1cc(NC(=O)c2c(F)cc(OC)cc2F)nc(C)n1. The van der Waals surface area contributed by atoms with Crippen LogP contribution in [-0.2, 0) is 6.42 Å². The average molecular weight is 307 g/mol. The van der Waals surface area contributed by atoms with E-state index in [1.165, 1.54) is 7.11 Å². The Morgan fingerprint density at radius 3 is 2.41 bits per heavy atom. The van der Waals surface area contributed by atoms with Crippen LogP contribution in [0.5, 0.6) is 5.75 Å². The molecule has 0 spiro atoms. The highest BCUT2D eigenvalue weighted by Gasteiger charge is 2.20. The van der Waals surface area contributed by atoms with Gasteiger partial charge in [0.15, 0.2) is 0 Å². The third-order valence-corrected chi connectivity index (χ3v) is 2.97. The summed E-state index contributed by atoms with van der Waals surface area (Å²) in [6.45, 7) is 3.57. The van der Waals surface area contributed by atoms with Gasteiger partial charge in [-0.2, -0.15) is 0 Å². The molecule has 0 fully saturated rings. The van der Waals surface area contributed by atoms with Crippen molar-refractivity contribution in [2.24, 2.45) is 0 Å². The van der Waals surface area contributed by atoms with Gasteiger partial charge in [-0.25, -0.2) is 18.7 Å². The first-order valence-corrected chi connectivity index (χ1v) is 6.63. The number of carbonyl (C=O) groups is 1. The molecule has 0 radical (unpaired) electrons. The summed E-state index contributed by atoms with van der Waals surface area (Å²) in [5.74, 6) is -2.27. The zero-order valence-electron chi connectivity index (χ0n) is 12.4. The molecule has 1 aromatic carbocycles. The second kappa shape index (κ2) is 6.46. The number of halogens is 2. The Morgan fingerprint density at radius 1 is 1.23 bits per heavy atom. The Hall–Kier alpha value is -2.57. The minimum atomic E-state index is -1.00. The lowest BCUT2D eigenvalue weighted by molar-refractivity contribution is 0.101. The van der Waals surface area contributed by atoms with Crippen molar-refractivity contribution in [3.63, 3.8) is 0 Å². The Morgan fingerprint density at radius 2 is 1.86 bits per heavy atom. The highest BCUT2D eigenvalue weighted by Crippen LogP contribution is 2.21. The molecule has 0 aliphatic rings. The molecule has 0 aliphatic carbocycles. The molecule has 0 unspecified atom stereocenters. The fraction of sp³-hybridized carbons (Fsp3) is 0.267. The first kappa shape index (κ1) is 15.8. The van der Waals surface area contributed by atoms with Gasteiger partial charge in [0.1, 0.15) is 34.6 Å². The smallest absolute Gasteiger partial charge is 0.262 e. The lowest BCUT2D eigenvalue weighted by Gasteiger charge is -2.09. The van der Waals surface area contributed by atoms with Crippen LogP contribution in [0.15, 0.2) is 18.2 Å². The first-order chi connectivity index (χ1) is 10.4. The van der Waals surface area contributed by atoms with Crippen LogP contribution in [0.2, 0.25) is 0 Å². The van der Waals surface area contributed by atoms with E-state index in [2.05, 4.69) is 15.3 Å². The Bertz CT molecular complexity index is 697. The van der Waals surface area contributed by atoms with Crippen molar-refractivity contribution >= 4 is 11.7 Å². The first-order valence-electron chi connectivity index (χ1n) is 6.63. The number of nitrogens with zero attached hydrogens (tertiary/aromatic N) is 2. The van der Waals surface area contributed by atoms with Gasteiger partial charge in [-0.1, -0.05) is 6.92 Å². The normalized spacial score (nSPS) is 10.4. The molecule has 7 heteroatoms. The van der Waals surface area contributed by atoms with E-state index in [-0.39, 0.29) is 11.6 Å². The van der Waals surface area contributed by atoms with Crippen LogP contribution >= 0.6 is 0 Å². The molecule has 1 N–H and O–H groups in total. The Kier molecular flexibility index (Phi) is 4.65. The number of anilines is 1. The van der Waals surface area contributed by atoms with E-state index < -0.39 is 23.1 Å². The molecule has 2 aromatic rings. The van der Waals surface area contributed by atoms with Crippen molar-refractivity contribution in [2.75, 3.05) is 12.4 Å². The lowest BCUT2D eigenvalue weighted by atomic mass is 10.1. The molecule has 1 amide bonds. The average Bonchev–Trinajstić information content (AvgIpc) is 2.45. The summed E-state index contributed by atoms with van der Waals surface area (Å²) in [6, 6.07) is 3.45. The molecule has 22 heavy (non-hydrogen) atoms. The molecular formula is C15H15F2N3O2. The summed E-state index contributed by atoms with van der Waals surface area (Å²) in [5.41, 5.74) is 0.0357. The Balaban J connectivity index is 2.32. The zero-order valence-corrected chi connectivity index (χ0v) is 12.4. The number of carbonyl (C=O) groups excluding carboxylic acids is 1. The molecular weight excluding hydrogens is 292 g/mol. The summed E-state index contributed by atoms with van der Waals surface area (Å²) in [5, 5.41) is 2.38. The molecule has 5 nitrogen and oxygen atoms in total. The quantitative estimate of drug-likeness (QED) is 0.943. The van der Waals surface area contributed by atoms with E-state index in [0.29, 0.717) is 12.2 Å². The van der Waals surface area contributed by atoms with Gasteiger partial charge < -0.3 is 10.1 Å². The predicted octanol–water partition coefficient (Wildman–Crippen LogP) is 2.89. The van der Waals surface area contributed by atoms with Gasteiger partial charge in [0.05, 0.1) is 7.11 Å². The number of aryl methyl sites for hydroxylation is 2. The van der Waals surface area contributed by atoms with E-state index >= 15 is 0 Å². The van der Waals surface area contributed by atoms with Crippen LogP contribution in [0, 0.1) is 18.6 Å². The van der Waals surface area contributed by atoms with Crippen LogP contribution in [0.4, 0.5) is 14.6 Å². The molecule has 1 aromatic heterocycles. The van der Waals surface area contributed by atoms with Crippen LogP contribution in [-0.4, -0.2) is 23.0 Å². The largest absolute Gasteiger partial charge is 0.497 e. The fourth-order valence-electron chi connectivity index (χ4n) is 1.94. The van der Waals surface area contributed by atoms with E-state index in [0.717, 1.165) is 17.8 Å². The monoisotopic (exact) mass is 307 g/mol. The maximum absolute atomic E-state index is 13.9. The van der Waals surface area contributed by atoms with Gasteiger partial charge in [0, 0.05) is 23.9 Å². The topological polar surface area (TPSA) is 64.1 Å². The highest BCUT2D eigenvalue weighted by atomic mass is 19.1. The molecule has 0 bridgehead atoms. The number of hydrogen-bond donors (Lipinski definition) is 1. The second-order valence-electron chi connectivity index (χ2n) is 4.57. The highest BCUT2D eigenvalue weighted by molar-refractivity contribution is 6.04. The van der Waals surface area contributed by atoms with E-state index in [4.69, 9.17) is 4.74 Å². The van der Waals surface area contributed by atoms with Crippen LogP contribution in [0.1, 0.15) is 28.8 Å². The summed E-state index contributed by atoms with van der Waals surface area (Å²) >= 11 is 0. The molecule has 0 atom stereocenters. The van der Waals surface area contributed by atoms with Crippen molar-refractivity contribution in [3.05, 3.63) is 46.9 Å². The number of methoxy groups -OCH3 is 1. The lowest BCUT2D eigenvalue weighted by Crippen LogP contribution is -2.17. The van der Waals surface area contributed by atoms with Crippen molar-refractivity contribution in [1.29, 1.82) is 0 Å². The fourth-order valence-corrected chi connectivity index (χ4v) is 1.94. The van der Waals surface area contributed by atoms with Gasteiger partial charge in [-0.05, 0) is 13.3 Å². The van der Waals surface area contributed by atoms with E-state index in [1.54, 1.807) is 13.0 Å². The maximum Gasteiger partial charge on any atom is 0.262 e. The number of benzene rings is 1. The molecule has 0 saturated heterocycles. The summed E-state index contributed by atoms with van der Waals surface area (Å²) in [4.78, 5) is 20.3. The summed E-state index contributed by atoms with van der Waals surface area (Å²) < 4.78 is 32.5. The zero-order chi connectivity index (χ0) is 16.3. The number of rotatable bonds is 4. The minimum absolute atomic E-state index is 0.00213. The Labute approximate surface area is 126 Å². The van der Waals surface area contributed by atoms with Gasteiger partial charge in [-0.15, -0.1) is 0 Å². The number of ether oxygens (including phenoxy) is 1. The third kappa shape index (κ3) is 3.36. The molecule has 2 rings (SSSR count).